The number of hydrogen-bond acceptors (Lipinski definition) is 4. The van der Waals surface area contributed by atoms with Gasteiger partial charge in [0.25, 0.3) is 0 Å². The molecule has 0 unspecified atom stereocenters. The Morgan fingerprint density at radius 1 is 1.80 bits per heavy atom. The van der Waals surface area contributed by atoms with Crippen LogP contribution in [0.15, 0.2) is 15.9 Å². The molecule has 0 radical (unpaired) electrons. The van der Waals surface area contributed by atoms with Crippen LogP contribution < -0.4 is 0 Å². The molecule has 1 heterocycles. The fraction of sp³-hybridized carbons (Fsp3) is 0.333. The Kier molecular flexibility index (Phi) is 3.46. The van der Waals surface area contributed by atoms with Gasteiger partial charge in [0.1, 0.15) is 10.6 Å². The SMILES string of the molecule is O=CCCSc1nccs1. The number of nitrogens with zero attached hydrogens (tertiary/aromatic N) is 1. The van der Waals surface area contributed by atoms with Gasteiger partial charge in [-0.1, -0.05) is 11.8 Å². The molecule has 10 heavy (non-hydrogen) atoms. The lowest BCUT2D eigenvalue weighted by atomic mass is 10.6. The molecule has 1 aromatic heterocycles. The zero-order chi connectivity index (χ0) is 7.23. The minimum absolute atomic E-state index is 0.615. The van der Waals surface area contributed by atoms with Gasteiger partial charge in [0.15, 0.2) is 0 Å². The lowest BCUT2D eigenvalue weighted by Gasteiger charge is -1.88. The van der Waals surface area contributed by atoms with E-state index in [-0.39, 0.29) is 0 Å². The quantitative estimate of drug-likeness (QED) is 0.395. The van der Waals surface area contributed by atoms with Crippen LogP contribution in [-0.4, -0.2) is 17.0 Å². The maximum atomic E-state index is 9.90. The monoisotopic (exact) mass is 173 g/mol. The van der Waals surface area contributed by atoms with Crippen molar-refractivity contribution in [2.45, 2.75) is 10.8 Å². The van der Waals surface area contributed by atoms with E-state index < -0.39 is 0 Å². The normalized spacial score (nSPS) is 9.60. The second-order valence-corrected chi connectivity index (χ2v) is 3.84. The molecule has 0 aliphatic rings. The zero-order valence-electron chi connectivity index (χ0n) is 5.32. The number of aldehydes is 1. The first-order valence-corrected chi connectivity index (χ1v) is 4.76. The number of thiazole rings is 1. The van der Waals surface area contributed by atoms with E-state index in [2.05, 4.69) is 4.98 Å². The summed E-state index contributed by atoms with van der Waals surface area (Å²) in [6.07, 6.45) is 3.32. The van der Waals surface area contributed by atoms with Crippen molar-refractivity contribution in [2.75, 3.05) is 5.75 Å². The number of thioether (sulfide) groups is 1. The van der Waals surface area contributed by atoms with Crippen molar-refractivity contribution in [1.29, 1.82) is 0 Å². The highest BCUT2D eigenvalue weighted by Crippen LogP contribution is 2.19. The third-order valence-corrected chi connectivity index (χ3v) is 2.87. The molecule has 1 rings (SSSR count). The highest BCUT2D eigenvalue weighted by molar-refractivity contribution is 8.01. The van der Waals surface area contributed by atoms with Crippen LogP contribution in [0, 0.1) is 0 Å². The third-order valence-electron chi connectivity index (χ3n) is 0.871. The number of hydrogen-bond donors (Lipinski definition) is 0. The van der Waals surface area contributed by atoms with Gasteiger partial charge >= 0.3 is 0 Å². The van der Waals surface area contributed by atoms with E-state index in [4.69, 9.17) is 0 Å². The van der Waals surface area contributed by atoms with Crippen molar-refractivity contribution in [2.24, 2.45) is 0 Å². The molecule has 1 aromatic rings. The van der Waals surface area contributed by atoms with Crippen LogP contribution in [-0.2, 0) is 4.79 Å². The second-order valence-electron chi connectivity index (χ2n) is 1.60. The Balaban J connectivity index is 2.21. The molecule has 0 amide bonds. The van der Waals surface area contributed by atoms with Gasteiger partial charge in [-0.15, -0.1) is 11.3 Å². The van der Waals surface area contributed by atoms with Crippen molar-refractivity contribution in [3.05, 3.63) is 11.6 Å². The molecule has 0 aliphatic heterocycles. The smallest absolute Gasteiger partial charge is 0.149 e. The Morgan fingerprint density at radius 2 is 2.70 bits per heavy atom. The van der Waals surface area contributed by atoms with E-state index in [1.54, 1.807) is 29.3 Å². The van der Waals surface area contributed by atoms with Crippen LogP contribution in [0.3, 0.4) is 0 Å². The van der Waals surface area contributed by atoms with Gasteiger partial charge in [0, 0.05) is 23.8 Å². The predicted molar refractivity (Wildman–Crippen MR) is 43.5 cm³/mol. The van der Waals surface area contributed by atoms with Gasteiger partial charge in [-0.05, 0) is 0 Å². The maximum absolute atomic E-state index is 9.90. The Morgan fingerprint density at radius 3 is 3.30 bits per heavy atom. The van der Waals surface area contributed by atoms with Crippen molar-refractivity contribution in [3.8, 4) is 0 Å². The zero-order valence-corrected chi connectivity index (χ0v) is 6.95. The summed E-state index contributed by atoms with van der Waals surface area (Å²) in [4.78, 5) is 14.0. The van der Waals surface area contributed by atoms with Crippen LogP contribution in [0.25, 0.3) is 0 Å². The topological polar surface area (TPSA) is 30.0 Å². The molecule has 2 nitrogen and oxygen atoms in total. The van der Waals surface area contributed by atoms with Gasteiger partial charge in [0.2, 0.25) is 0 Å². The molecule has 0 fully saturated rings. The molecule has 4 heteroatoms. The van der Waals surface area contributed by atoms with E-state index in [0.717, 1.165) is 16.4 Å². The average Bonchev–Trinajstić information content (AvgIpc) is 2.41. The van der Waals surface area contributed by atoms with Crippen LogP contribution >= 0.6 is 23.1 Å². The first-order valence-electron chi connectivity index (χ1n) is 2.89. The van der Waals surface area contributed by atoms with Crippen LogP contribution in [0.4, 0.5) is 0 Å². The summed E-state index contributed by atoms with van der Waals surface area (Å²) in [6, 6.07) is 0. The molecule has 0 aromatic carbocycles. The molecule has 0 bridgehead atoms. The number of aromatic nitrogens is 1. The fourth-order valence-corrected chi connectivity index (χ4v) is 2.05. The number of carbonyl (C=O) groups is 1. The van der Waals surface area contributed by atoms with Crippen LogP contribution in [0.2, 0.25) is 0 Å². The summed E-state index contributed by atoms with van der Waals surface area (Å²) in [6.45, 7) is 0. The molecule has 0 atom stereocenters. The van der Waals surface area contributed by atoms with E-state index in [1.165, 1.54) is 0 Å². The Labute approximate surface area is 67.7 Å². The minimum atomic E-state index is 0.615. The standard InChI is InChI=1S/C6H7NOS2/c8-3-1-4-9-6-7-2-5-10-6/h2-3,5H,1,4H2. The summed E-state index contributed by atoms with van der Waals surface area (Å²) in [7, 11) is 0. The molecule has 0 N–H and O–H groups in total. The molecule has 0 aliphatic carbocycles. The van der Waals surface area contributed by atoms with Crippen molar-refractivity contribution < 1.29 is 4.79 Å². The largest absolute Gasteiger partial charge is 0.303 e. The fourth-order valence-electron chi connectivity index (χ4n) is 0.476. The van der Waals surface area contributed by atoms with Crippen molar-refractivity contribution in [1.82, 2.24) is 4.98 Å². The van der Waals surface area contributed by atoms with E-state index in [1.807, 2.05) is 5.38 Å². The van der Waals surface area contributed by atoms with Gasteiger partial charge in [0.05, 0.1) is 0 Å². The molecular formula is C6H7NOS2. The molecule has 0 saturated heterocycles. The molecule has 0 spiro atoms. The summed E-state index contributed by atoms with van der Waals surface area (Å²) in [5, 5.41) is 1.93. The average molecular weight is 173 g/mol. The molecular weight excluding hydrogens is 166 g/mol. The summed E-state index contributed by atoms with van der Waals surface area (Å²) in [5.74, 6) is 0.844. The third kappa shape index (κ3) is 2.49. The summed E-state index contributed by atoms with van der Waals surface area (Å²) < 4.78 is 1.04. The van der Waals surface area contributed by atoms with Gasteiger partial charge in [-0.3, -0.25) is 0 Å². The van der Waals surface area contributed by atoms with Gasteiger partial charge < -0.3 is 4.79 Å². The highest BCUT2D eigenvalue weighted by Gasteiger charge is 1.93. The Hall–Kier alpha value is -0.350. The first kappa shape index (κ1) is 7.75. The maximum Gasteiger partial charge on any atom is 0.149 e. The molecule has 0 saturated carbocycles. The summed E-state index contributed by atoms with van der Waals surface area (Å²) in [5.41, 5.74) is 0. The van der Waals surface area contributed by atoms with E-state index >= 15 is 0 Å². The van der Waals surface area contributed by atoms with Crippen molar-refractivity contribution >= 4 is 29.4 Å². The minimum Gasteiger partial charge on any atom is -0.303 e. The van der Waals surface area contributed by atoms with Crippen LogP contribution in [0.5, 0.6) is 0 Å². The summed E-state index contributed by atoms with van der Waals surface area (Å²) >= 11 is 3.24. The van der Waals surface area contributed by atoms with Crippen molar-refractivity contribution in [3.63, 3.8) is 0 Å². The second kappa shape index (κ2) is 4.46. The van der Waals surface area contributed by atoms with Gasteiger partial charge in [-0.25, -0.2) is 4.98 Å². The highest BCUT2D eigenvalue weighted by atomic mass is 32.2. The Bertz CT molecular complexity index is 186. The lowest BCUT2D eigenvalue weighted by Crippen LogP contribution is -1.78. The predicted octanol–water partition coefficient (Wildman–Crippen LogP) is 1.82. The number of rotatable bonds is 4. The van der Waals surface area contributed by atoms with E-state index in [9.17, 15) is 4.79 Å². The lowest BCUT2D eigenvalue weighted by molar-refractivity contribution is -0.107. The van der Waals surface area contributed by atoms with Gasteiger partial charge in [-0.2, -0.15) is 0 Å². The van der Waals surface area contributed by atoms with E-state index in [0.29, 0.717) is 6.42 Å². The molecule has 54 valence electrons. The number of carbonyl (C=O) groups excluding carboxylic acids is 1. The van der Waals surface area contributed by atoms with Crippen LogP contribution in [0.1, 0.15) is 6.42 Å². The first-order chi connectivity index (χ1) is 4.93.